The summed E-state index contributed by atoms with van der Waals surface area (Å²) in [5, 5.41) is 18.2. The third-order valence-corrected chi connectivity index (χ3v) is 11.7. The van der Waals surface area contributed by atoms with E-state index in [4.69, 9.17) is 19.4 Å². The van der Waals surface area contributed by atoms with Crippen LogP contribution in [0.3, 0.4) is 0 Å². The smallest absolute Gasteiger partial charge is 0.412 e. The predicted octanol–water partition coefficient (Wildman–Crippen LogP) is 9.78. The van der Waals surface area contributed by atoms with E-state index >= 15 is 4.39 Å². The first-order valence-electron chi connectivity index (χ1n) is 20.0. The molecule has 2 saturated heterocycles. The number of hydrogen-bond donors (Lipinski definition) is 2. The number of nitrogens with one attached hydrogen (secondary N) is 2. The van der Waals surface area contributed by atoms with Gasteiger partial charge in [-0.15, -0.1) is 11.3 Å². The van der Waals surface area contributed by atoms with Crippen molar-refractivity contribution in [3.63, 3.8) is 0 Å². The van der Waals surface area contributed by atoms with Gasteiger partial charge in [-0.2, -0.15) is 10.2 Å². The molecule has 13 heteroatoms. The van der Waals surface area contributed by atoms with Crippen molar-refractivity contribution in [3.8, 4) is 17.2 Å². The standard InChI is InChI=1S/C37H42FN7O4S.C6H14/c1-7-20-27(21-10-11-25(38)31-28(21)22(15-39)33(50-31)43-36(47)49-37(3,4)5)23-17-48-18-24(23)29-30(20)41-35(45-14-12-19(2)16-45)42-32(29)40-26-9-8-13-44(6)34(26)46;1-4-5-6(2)3/h10-11,19,26H,7-9,12-14,16-18H2,1-6H3,(H,43,47)(H,40,41,42);6H,4-5H2,1-3H3/t19-,26-;/m1./s1. The maximum atomic E-state index is 15.6. The summed E-state index contributed by atoms with van der Waals surface area (Å²) < 4.78 is 27.4. The van der Waals surface area contributed by atoms with Crippen molar-refractivity contribution in [1.82, 2.24) is 14.9 Å². The van der Waals surface area contributed by atoms with E-state index in [1.807, 2.05) is 7.05 Å². The van der Waals surface area contributed by atoms with E-state index in [0.29, 0.717) is 54.7 Å². The zero-order valence-electron chi connectivity index (χ0n) is 34.3. The van der Waals surface area contributed by atoms with Gasteiger partial charge >= 0.3 is 6.09 Å². The fourth-order valence-electron chi connectivity index (χ4n) is 8.04. The highest BCUT2D eigenvalue weighted by molar-refractivity contribution is 7.23. The highest BCUT2D eigenvalue weighted by atomic mass is 32.1. The van der Waals surface area contributed by atoms with Gasteiger partial charge in [0, 0.05) is 37.5 Å². The summed E-state index contributed by atoms with van der Waals surface area (Å²) in [5.74, 6) is 2.15. The Balaban J connectivity index is 0.000000822. The molecule has 3 aliphatic heterocycles. The first-order chi connectivity index (χ1) is 26.6. The first-order valence-corrected chi connectivity index (χ1v) is 20.8. The molecule has 0 saturated carbocycles. The Morgan fingerprint density at radius 2 is 1.89 bits per heavy atom. The van der Waals surface area contributed by atoms with Gasteiger partial charge in [-0.25, -0.2) is 14.2 Å². The number of carbonyl (C=O) groups is 2. The molecule has 11 nitrogen and oxygen atoms in total. The molecule has 5 heterocycles. The number of ether oxygens (including phenoxy) is 2. The van der Waals surface area contributed by atoms with Crippen molar-refractivity contribution >= 4 is 61.1 Å². The van der Waals surface area contributed by atoms with Crippen LogP contribution in [-0.2, 0) is 33.9 Å². The summed E-state index contributed by atoms with van der Waals surface area (Å²) in [4.78, 5) is 40.4. The Morgan fingerprint density at radius 3 is 2.52 bits per heavy atom. The van der Waals surface area contributed by atoms with Gasteiger partial charge < -0.3 is 24.6 Å². The molecule has 0 unspecified atom stereocenters. The minimum Gasteiger partial charge on any atom is -0.444 e. The van der Waals surface area contributed by atoms with E-state index in [9.17, 15) is 14.9 Å². The number of benzene rings is 2. The zero-order chi connectivity index (χ0) is 40.5. The first kappa shape index (κ1) is 41.1. The van der Waals surface area contributed by atoms with E-state index in [-0.39, 0.29) is 21.2 Å². The summed E-state index contributed by atoms with van der Waals surface area (Å²) in [6.45, 7) is 19.2. The number of likely N-dealkylation sites (tertiary alicyclic amines) is 1. The quantitative estimate of drug-likeness (QED) is 0.179. The van der Waals surface area contributed by atoms with Gasteiger partial charge in [0.05, 0.1) is 29.0 Å². The van der Waals surface area contributed by atoms with Gasteiger partial charge in [0.2, 0.25) is 11.9 Å². The number of nitrogens with zero attached hydrogens (tertiary/aromatic N) is 5. The van der Waals surface area contributed by atoms with Crippen molar-refractivity contribution in [3.05, 3.63) is 40.2 Å². The molecule has 0 radical (unpaired) electrons. The molecule has 4 aromatic rings. The monoisotopic (exact) mass is 785 g/mol. The second-order valence-electron chi connectivity index (χ2n) is 16.7. The van der Waals surface area contributed by atoms with Gasteiger partial charge in [-0.05, 0) is 92.2 Å². The Labute approximate surface area is 334 Å². The molecule has 2 fully saturated rings. The lowest BCUT2D eigenvalue weighted by Crippen LogP contribution is -2.45. The number of aromatic nitrogens is 2. The maximum Gasteiger partial charge on any atom is 0.412 e. The summed E-state index contributed by atoms with van der Waals surface area (Å²) in [7, 11) is 1.83. The number of rotatable bonds is 8. The number of fused-ring (bicyclic) bond motifs is 4. The number of halogens is 1. The summed E-state index contributed by atoms with van der Waals surface area (Å²) in [6.07, 6.45) is 5.17. The Morgan fingerprint density at radius 1 is 1.14 bits per heavy atom. The molecule has 300 valence electrons. The van der Waals surface area contributed by atoms with Crippen LogP contribution in [0.15, 0.2) is 12.1 Å². The number of nitriles is 1. The number of carbonyl (C=O) groups excluding carboxylic acids is 2. The SMILES string of the molecule is CCCC(C)C.CCc1c(-c2ccc(F)c3sc(NC(=O)OC(C)(C)C)c(C#N)c23)c2c(c3c(N[C@@H]4CCCN(C)C4=O)nc(N4CC[C@@H](C)C4)nc13)COC2. The van der Waals surface area contributed by atoms with E-state index in [2.05, 4.69) is 56.2 Å². The van der Waals surface area contributed by atoms with Crippen LogP contribution in [0.25, 0.3) is 32.1 Å². The van der Waals surface area contributed by atoms with Gasteiger partial charge in [0.15, 0.2) is 0 Å². The van der Waals surface area contributed by atoms with Crippen LogP contribution in [0, 0.1) is 29.0 Å². The molecular formula is C43H56FN7O4S. The second-order valence-corrected chi connectivity index (χ2v) is 17.7. The minimum absolute atomic E-state index is 0.0329. The maximum absolute atomic E-state index is 15.6. The third-order valence-electron chi connectivity index (χ3n) is 10.6. The number of thiophene rings is 1. The second kappa shape index (κ2) is 16.9. The van der Waals surface area contributed by atoms with E-state index < -0.39 is 23.6 Å². The van der Waals surface area contributed by atoms with Crippen LogP contribution >= 0.6 is 11.3 Å². The van der Waals surface area contributed by atoms with E-state index in [1.165, 1.54) is 18.9 Å². The highest BCUT2D eigenvalue weighted by Gasteiger charge is 2.34. The molecule has 0 spiro atoms. The lowest BCUT2D eigenvalue weighted by Gasteiger charge is -2.31. The molecule has 0 aliphatic carbocycles. The average Bonchev–Trinajstić information content (AvgIpc) is 3.88. The number of piperidine rings is 1. The predicted molar refractivity (Wildman–Crippen MR) is 223 cm³/mol. The van der Waals surface area contributed by atoms with Crippen LogP contribution in [0.1, 0.15) is 110 Å². The van der Waals surface area contributed by atoms with Gasteiger partial charge in [-0.1, -0.05) is 53.5 Å². The van der Waals surface area contributed by atoms with Crippen molar-refractivity contribution < 1.29 is 23.5 Å². The highest BCUT2D eigenvalue weighted by Crippen LogP contribution is 2.48. The zero-order valence-corrected chi connectivity index (χ0v) is 35.1. The summed E-state index contributed by atoms with van der Waals surface area (Å²) in [6, 6.07) is 4.94. The number of hydrogen-bond acceptors (Lipinski definition) is 10. The van der Waals surface area contributed by atoms with Crippen molar-refractivity contribution in [1.29, 1.82) is 5.26 Å². The van der Waals surface area contributed by atoms with Crippen LogP contribution in [0.4, 0.5) is 26.0 Å². The van der Waals surface area contributed by atoms with Crippen LogP contribution in [-0.4, -0.2) is 65.2 Å². The number of aryl methyl sites for hydroxylation is 1. The fraction of sp³-hybridized carbons (Fsp3) is 0.558. The van der Waals surface area contributed by atoms with Crippen molar-refractivity contribution in [2.75, 3.05) is 42.2 Å². The molecule has 3 aliphatic rings. The number of amides is 2. The minimum atomic E-state index is -0.757. The summed E-state index contributed by atoms with van der Waals surface area (Å²) in [5.41, 5.74) is 4.40. The van der Waals surface area contributed by atoms with Crippen molar-refractivity contribution in [2.24, 2.45) is 11.8 Å². The molecule has 7 rings (SSSR count). The lowest BCUT2D eigenvalue weighted by atomic mass is 9.86. The van der Waals surface area contributed by atoms with E-state index in [0.717, 1.165) is 82.9 Å². The molecule has 2 aromatic heterocycles. The van der Waals surface area contributed by atoms with E-state index in [1.54, 1.807) is 31.7 Å². The fourth-order valence-corrected chi connectivity index (χ4v) is 9.11. The van der Waals surface area contributed by atoms with Gasteiger partial charge in [-0.3, -0.25) is 10.1 Å². The molecule has 2 amide bonds. The summed E-state index contributed by atoms with van der Waals surface area (Å²) >= 11 is 1.01. The normalized spacial score (nSPS) is 18.3. The largest absolute Gasteiger partial charge is 0.444 e. The van der Waals surface area contributed by atoms with Gasteiger partial charge in [0.1, 0.15) is 34.3 Å². The molecule has 0 bridgehead atoms. The van der Waals surface area contributed by atoms with Crippen LogP contribution in [0.5, 0.6) is 0 Å². The Kier molecular flexibility index (Phi) is 12.4. The van der Waals surface area contributed by atoms with Crippen molar-refractivity contribution in [2.45, 2.75) is 119 Å². The lowest BCUT2D eigenvalue weighted by molar-refractivity contribution is -0.132. The molecule has 2 N–H and O–H groups in total. The number of anilines is 3. The number of likely N-dealkylation sites (N-methyl/N-ethyl adjacent to an activating group) is 1. The molecule has 2 aromatic carbocycles. The van der Waals surface area contributed by atoms with Gasteiger partial charge in [0.25, 0.3) is 0 Å². The van der Waals surface area contributed by atoms with Crippen LogP contribution in [0.2, 0.25) is 0 Å². The third kappa shape index (κ3) is 8.42. The average molecular weight is 786 g/mol. The van der Waals surface area contributed by atoms with Crippen LogP contribution < -0.4 is 15.5 Å². The Hall–Kier alpha value is -4.54. The molecule has 56 heavy (non-hydrogen) atoms. The molecule has 2 atom stereocenters. The topological polar surface area (TPSA) is 133 Å². The Bertz CT molecular complexity index is 2170. The molecular weight excluding hydrogens is 730 g/mol.